The second kappa shape index (κ2) is 13.2. The quantitative estimate of drug-likeness (QED) is 0.189. The molecular formula is C20H29NO9. The summed E-state index contributed by atoms with van der Waals surface area (Å²) in [4.78, 5) is 46.2. The zero-order valence-electron chi connectivity index (χ0n) is 17.6. The zero-order chi connectivity index (χ0) is 23.3. The first-order valence-corrected chi connectivity index (χ1v) is 8.88. The molecule has 0 aromatic rings. The Morgan fingerprint density at radius 2 is 1.03 bits per heavy atom. The molecule has 0 saturated carbocycles. The predicted octanol–water partition coefficient (Wildman–Crippen LogP) is 1.44. The number of esters is 3. The zero-order valence-corrected chi connectivity index (χ0v) is 17.6. The fourth-order valence-electron chi connectivity index (χ4n) is 1.77. The molecule has 0 atom stereocenters. The van der Waals surface area contributed by atoms with Crippen molar-refractivity contribution < 1.29 is 42.9 Å². The number of primary amides is 1. The van der Waals surface area contributed by atoms with Crippen molar-refractivity contribution >= 4 is 24.0 Å². The third kappa shape index (κ3) is 11.0. The minimum absolute atomic E-state index is 0.0536. The third-order valence-corrected chi connectivity index (χ3v) is 3.45. The monoisotopic (exact) mass is 427 g/mol. The summed E-state index contributed by atoms with van der Waals surface area (Å²) in [5, 5.41) is 0. The van der Waals surface area contributed by atoms with E-state index in [2.05, 4.69) is 24.5 Å². The average Bonchev–Trinajstić information content (AvgIpc) is 2.66. The number of hydrogen-bond acceptors (Lipinski definition) is 9. The Bertz CT molecular complexity index is 622. The van der Waals surface area contributed by atoms with Gasteiger partial charge in [0.25, 0.3) is 0 Å². The van der Waals surface area contributed by atoms with E-state index in [0.717, 1.165) is 0 Å². The summed E-state index contributed by atoms with van der Waals surface area (Å²) in [5.74, 6) is -2.06. The molecule has 30 heavy (non-hydrogen) atoms. The van der Waals surface area contributed by atoms with Gasteiger partial charge in [0.1, 0.15) is 26.4 Å². The van der Waals surface area contributed by atoms with Crippen LogP contribution in [0.1, 0.15) is 20.8 Å². The highest BCUT2D eigenvalue weighted by Gasteiger charge is 2.37. The molecule has 0 fully saturated rings. The van der Waals surface area contributed by atoms with Gasteiger partial charge in [-0.25, -0.2) is 19.2 Å². The van der Waals surface area contributed by atoms with Gasteiger partial charge >= 0.3 is 24.0 Å². The van der Waals surface area contributed by atoms with Crippen LogP contribution in [0.2, 0.25) is 0 Å². The fraction of sp³-hybridized carbons (Fsp3) is 0.500. The van der Waals surface area contributed by atoms with Gasteiger partial charge in [0.05, 0.1) is 18.6 Å². The van der Waals surface area contributed by atoms with Crippen molar-refractivity contribution in [3.63, 3.8) is 0 Å². The number of carbonyl (C=O) groups is 4. The Morgan fingerprint density at radius 1 is 0.667 bits per heavy atom. The van der Waals surface area contributed by atoms with Crippen molar-refractivity contribution in [2.24, 2.45) is 11.1 Å². The van der Waals surface area contributed by atoms with Crippen molar-refractivity contribution in [3.8, 4) is 0 Å². The first-order chi connectivity index (χ1) is 13.9. The van der Waals surface area contributed by atoms with E-state index in [1.807, 2.05) is 0 Å². The van der Waals surface area contributed by atoms with Crippen LogP contribution in [0.4, 0.5) is 4.79 Å². The van der Waals surface area contributed by atoms with E-state index in [0.29, 0.717) is 0 Å². The van der Waals surface area contributed by atoms with Crippen molar-refractivity contribution in [2.75, 3.05) is 39.6 Å². The molecule has 0 aromatic heterocycles. The van der Waals surface area contributed by atoms with E-state index < -0.39 is 29.4 Å². The largest absolute Gasteiger partial charge is 0.461 e. The molecule has 0 saturated heterocycles. The van der Waals surface area contributed by atoms with Gasteiger partial charge in [0, 0.05) is 16.7 Å². The molecule has 0 aliphatic carbocycles. The number of ether oxygens (including phenoxy) is 5. The van der Waals surface area contributed by atoms with Gasteiger partial charge in [-0.1, -0.05) is 19.7 Å². The summed E-state index contributed by atoms with van der Waals surface area (Å²) in [7, 11) is 0. The number of rotatable bonds is 14. The fourth-order valence-corrected chi connectivity index (χ4v) is 1.77. The Morgan fingerprint density at radius 3 is 1.33 bits per heavy atom. The number of carbonyl (C=O) groups excluding carboxylic acids is 4. The average molecular weight is 427 g/mol. The molecule has 0 heterocycles. The van der Waals surface area contributed by atoms with Crippen LogP contribution in [0.3, 0.4) is 0 Å². The highest BCUT2D eigenvalue weighted by molar-refractivity contribution is 5.88. The summed E-state index contributed by atoms with van der Waals surface area (Å²) < 4.78 is 25.6. The van der Waals surface area contributed by atoms with Gasteiger partial charge in [-0.3, -0.25) is 0 Å². The lowest BCUT2D eigenvalue weighted by molar-refractivity contribution is -0.162. The van der Waals surface area contributed by atoms with Crippen LogP contribution in [0.5, 0.6) is 0 Å². The molecule has 0 rings (SSSR count). The first-order valence-electron chi connectivity index (χ1n) is 8.88. The van der Waals surface area contributed by atoms with E-state index in [1.54, 1.807) is 0 Å². The molecular weight excluding hydrogens is 398 g/mol. The summed E-state index contributed by atoms with van der Waals surface area (Å²) in [6, 6.07) is 0. The van der Waals surface area contributed by atoms with Crippen LogP contribution in [0.25, 0.3) is 0 Å². The molecule has 0 aromatic carbocycles. The SMILES string of the molecule is C=C(C)C(=O)OCC(COCCOC(N)=O)(COC(=O)C(=C)C)COC(=O)C(=C)C. The van der Waals surface area contributed by atoms with Gasteiger partial charge < -0.3 is 29.4 Å². The molecule has 1 amide bonds. The molecule has 168 valence electrons. The molecule has 0 aliphatic heterocycles. The summed E-state index contributed by atoms with van der Waals surface area (Å²) >= 11 is 0. The highest BCUT2D eigenvalue weighted by atomic mass is 16.6. The lowest BCUT2D eigenvalue weighted by Crippen LogP contribution is -2.43. The number of amides is 1. The summed E-state index contributed by atoms with van der Waals surface area (Å²) in [6.45, 7) is 13.6. The Balaban J connectivity index is 5.44. The van der Waals surface area contributed by atoms with Gasteiger partial charge in [-0.2, -0.15) is 0 Å². The topological polar surface area (TPSA) is 140 Å². The second-order valence-electron chi connectivity index (χ2n) is 6.79. The highest BCUT2D eigenvalue weighted by Crippen LogP contribution is 2.22. The third-order valence-electron chi connectivity index (χ3n) is 3.45. The van der Waals surface area contributed by atoms with Gasteiger partial charge in [-0.05, 0) is 20.8 Å². The Labute approximate surface area is 175 Å². The van der Waals surface area contributed by atoms with Gasteiger partial charge in [0.2, 0.25) is 0 Å². The Kier molecular flexibility index (Phi) is 11.8. The maximum atomic E-state index is 11.9. The minimum Gasteiger partial charge on any atom is -0.461 e. The van der Waals surface area contributed by atoms with Crippen molar-refractivity contribution in [3.05, 3.63) is 36.5 Å². The van der Waals surface area contributed by atoms with E-state index in [1.165, 1.54) is 20.8 Å². The lowest BCUT2D eigenvalue weighted by Gasteiger charge is -2.32. The normalized spacial score (nSPS) is 10.5. The van der Waals surface area contributed by atoms with Crippen LogP contribution >= 0.6 is 0 Å². The van der Waals surface area contributed by atoms with E-state index in [4.69, 9.17) is 24.7 Å². The van der Waals surface area contributed by atoms with Crippen LogP contribution < -0.4 is 5.73 Å². The maximum Gasteiger partial charge on any atom is 0.404 e. The molecule has 0 unspecified atom stereocenters. The molecule has 0 bridgehead atoms. The molecule has 0 aliphatic rings. The van der Waals surface area contributed by atoms with Gasteiger partial charge in [-0.15, -0.1) is 0 Å². The van der Waals surface area contributed by atoms with Crippen LogP contribution in [-0.4, -0.2) is 63.6 Å². The van der Waals surface area contributed by atoms with Crippen molar-refractivity contribution in [1.82, 2.24) is 0 Å². The van der Waals surface area contributed by atoms with Crippen LogP contribution in [0.15, 0.2) is 36.5 Å². The van der Waals surface area contributed by atoms with Crippen molar-refractivity contribution in [1.29, 1.82) is 0 Å². The van der Waals surface area contributed by atoms with E-state index in [-0.39, 0.29) is 56.4 Å². The van der Waals surface area contributed by atoms with Crippen LogP contribution in [0, 0.1) is 5.41 Å². The van der Waals surface area contributed by atoms with E-state index >= 15 is 0 Å². The van der Waals surface area contributed by atoms with Gasteiger partial charge in [0.15, 0.2) is 0 Å². The standard InChI is InChI=1S/C20H29NO9/c1-13(2)16(22)28-10-20(11-29-17(23)14(3)4,12-30-18(24)15(5)6)9-26-7-8-27-19(21)25/h1,3,5,7-12H2,2,4,6H3,(H2,21,25). The maximum absolute atomic E-state index is 11.9. The summed E-state index contributed by atoms with van der Waals surface area (Å²) in [5.41, 5.74) is 4.07. The number of nitrogens with two attached hydrogens (primary N) is 1. The van der Waals surface area contributed by atoms with E-state index in [9.17, 15) is 19.2 Å². The second-order valence-corrected chi connectivity index (χ2v) is 6.79. The smallest absolute Gasteiger partial charge is 0.404 e. The predicted molar refractivity (Wildman–Crippen MR) is 106 cm³/mol. The minimum atomic E-state index is -1.26. The Hall–Kier alpha value is -3.14. The van der Waals surface area contributed by atoms with Crippen LogP contribution in [-0.2, 0) is 38.1 Å². The lowest BCUT2D eigenvalue weighted by atomic mass is 9.92. The first kappa shape index (κ1) is 26.9. The van der Waals surface area contributed by atoms with Crippen molar-refractivity contribution in [2.45, 2.75) is 20.8 Å². The molecule has 2 N–H and O–H groups in total. The molecule has 10 nitrogen and oxygen atoms in total. The number of hydrogen-bond donors (Lipinski definition) is 1. The molecule has 0 spiro atoms. The summed E-state index contributed by atoms with van der Waals surface area (Å²) in [6.07, 6.45) is -0.967. The molecule has 10 heteroatoms. The molecule has 0 radical (unpaired) electrons.